The van der Waals surface area contributed by atoms with Gasteiger partial charge in [0.1, 0.15) is 5.82 Å². The fourth-order valence-electron chi connectivity index (χ4n) is 3.80. The Hall–Kier alpha value is -1.99. The number of halogens is 1. The third kappa shape index (κ3) is 2.48. The number of rotatable bonds is 2. The number of sulfonamides is 1. The van der Waals surface area contributed by atoms with Crippen molar-refractivity contribution in [2.45, 2.75) is 23.8 Å². The molecule has 2 aliphatic heterocycles. The molecule has 0 aliphatic carbocycles. The average molecular weight is 348 g/mol. The van der Waals surface area contributed by atoms with Gasteiger partial charge in [0.25, 0.3) is 5.56 Å². The van der Waals surface area contributed by atoms with Crippen molar-refractivity contribution in [1.29, 1.82) is 0 Å². The highest BCUT2D eigenvalue weighted by Gasteiger charge is 2.39. The second-order valence-corrected chi connectivity index (χ2v) is 8.41. The van der Waals surface area contributed by atoms with Crippen LogP contribution in [0.3, 0.4) is 0 Å². The van der Waals surface area contributed by atoms with Gasteiger partial charge in [-0.1, -0.05) is 6.07 Å². The summed E-state index contributed by atoms with van der Waals surface area (Å²) in [6.07, 6.45) is 0.888. The average Bonchev–Trinajstić information content (AvgIpc) is 2.56. The van der Waals surface area contributed by atoms with Gasteiger partial charge in [-0.15, -0.1) is 0 Å². The molecule has 126 valence electrons. The summed E-state index contributed by atoms with van der Waals surface area (Å²) in [4.78, 5) is 12.1. The van der Waals surface area contributed by atoms with E-state index < -0.39 is 15.8 Å². The van der Waals surface area contributed by atoms with E-state index in [0.29, 0.717) is 19.6 Å². The van der Waals surface area contributed by atoms with Crippen molar-refractivity contribution in [2.24, 2.45) is 5.92 Å². The number of aromatic nitrogens is 1. The normalized spacial score (nSPS) is 23.7. The summed E-state index contributed by atoms with van der Waals surface area (Å²) in [6.45, 7) is 1.28. The van der Waals surface area contributed by atoms with Crippen molar-refractivity contribution < 1.29 is 12.8 Å². The number of fused-ring (bicyclic) bond motifs is 4. The molecule has 0 radical (unpaired) electrons. The summed E-state index contributed by atoms with van der Waals surface area (Å²) in [5, 5.41) is 0. The molecular formula is C17H17FN2O3S. The van der Waals surface area contributed by atoms with Gasteiger partial charge in [-0.2, -0.15) is 4.31 Å². The molecule has 2 aromatic rings. The summed E-state index contributed by atoms with van der Waals surface area (Å²) in [5.41, 5.74) is 0.870. The van der Waals surface area contributed by atoms with E-state index in [9.17, 15) is 17.6 Å². The van der Waals surface area contributed by atoms with Crippen molar-refractivity contribution in [2.75, 3.05) is 13.1 Å². The first-order chi connectivity index (χ1) is 11.4. The van der Waals surface area contributed by atoms with Crippen LogP contribution in [0.15, 0.2) is 52.2 Å². The van der Waals surface area contributed by atoms with Gasteiger partial charge in [-0.05, 0) is 42.7 Å². The number of pyridine rings is 1. The molecule has 7 heteroatoms. The van der Waals surface area contributed by atoms with Crippen LogP contribution in [0.4, 0.5) is 4.39 Å². The van der Waals surface area contributed by atoms with Gasteiger partial charge in [0.2, 0.25) is 10.0 Å². The van der Waals surface area contributed by atoms with E-state index in [1.54, 1.807) is 10.6 Å². The van der Waals surface area contributed by atoms with E-state index in [1.807, 2.05) is 6.07 Å². The molecule has 0 unspecified atom stereocenters. The zero-order chi connectivity index (χ0) is 16.9. The van der Waals surface area contributed by atoms with Gasteiger partial charge in [0, 0.05) is 37.3 Å². The minimum Gasteiger partial charge on any atom is -0.312 e. The second kappa shape index (κ2) is 5.53. The molecule has 2 bridgehead atoms. The Labute approximate surface area is 139 Å². The van der Waals surface area contributed by atoms with Gasteiger partial charge < -0.3 is 4.57 Å². The van der Waals surface area contributed by atoms with E-state index >= 15 is 0 Å². The van der Waals surface area contributed by atoms with Crippen molar-refractivity contribution in [3.05, 3.63) is 64.3 Å². The molecule has 5 nitrogen and oxygen atoms in total. The Morgan fingerprint density at radius 2 is 1.75 bits per heavy atom. The van der Waals surface area contributed by atoms with Crippen molar-refractivity contribution >= 4 is 10.0 Å². The van der Waals surface area contributed by atoms with Crippen LogP contribution in [-0.4, -0.2) is 30.4 Å². The van der Waals surface area contributed by atoms with Gasteiger partial charge in [-0.25, -0.2) is 12.8 Å². The predicted molar refractivity (Wildman–Crippen MR) is 86.7 cm³/mol. The van der Waals surface area contributed by atoms with Crippen molar-refractivity contribution in [1.82, 2.24) is 8.87 Å². The van der Waals surface area contributed by atoms with Crippen LogP contribution in [0, 0.1) is 11.7 Å². The Morgan fingerprint density at radius 1 is 1.00 bits per heavy atom. The van der Waals surface area contributed by atoms with E-state index in [1.165, 1.54) is 22.5 Å². The van der Waals surface area contributed by atoms with Crippen molar-refractivity contribution in [3.8, 4) is 0 Å². The molecule has 0 N–H and O–H groups in total. The van der Waals surface area contributed by atoms with Crippen LogP contribution >= 0.6 is 0 Å². The quantitative estimate of drug-likeness (QED) is 0.831. The van der Waals surface area contributed by atoms with Crippen LogP contribution in [-0.2, 0) is 16.6 Å². The highest BCUT2D eigenvalue weighted by atomic mass is 32.2. The van der Waals surface area contributed by atoms with Crippen LogP contribution in [0.1, 0.15) is 18.0 Å². The Bertz CT molecular complexity index is 937. The molecule has 4 rings (SSSR count). The minimum absolute atomic E-state index is 0.0154. The fourth-order valence-corrected chi connectivity index (χ4v) is 5.37. The maximum Gasteiger partial charge on any atom is 0.250 e. The van der Waals surface area contributed by atoms with Gasteiger partial charge in [0.15, 0.2) is 0 Å². The Kier molecular flexibility index (Phi) is 3.58. The molecule has 0 saturated carbocycles. The van der Waals surface area contributed by atoms with E-state index in [2.05, 4.69) is 0 Å². The number of benzene rings is 1. The molecule has 0 spiro atoms. The monoisotopic (exact) mass is 348 g/mol. The molecule has 1 fully saturated rings. The van der Waals surface area contributed by atoms with Crippen LogP contribution in [0.2, 0.25) is 0 Å². The number of nitrogens with zero attached hydrogens (tertiary/aromatic N) is 2. The maximum atomic E-state index is 13.1. The first kappa shape index (κ1) is 15.5. The lowest BCUT2D eigenvalue weighted by molar-refractivity contribution is 0.186. The summed E-state index contributed by atoms with van der Waals surface area (Å²) in [6, 6.07) is 10.1. The number of hydrogen-bond acceptors (Lipinski definition) is 3. The molecule has 0 amide bonds. The third-order valence-corrected chi connectivity index (χ3v) is 6.74. The standard InChI is InChI=1S/C17H17FN2O3S/c18-14-4-6-15(7-5-14)24(22,23)19-9-12-8-13(11-19)16-2-1-3-17(21)20(16)10-12/h1-7,12-13H,8-11H2/t12-,13+/m0/s1. The first-order valence-corrected chi connectivity index (χ1v) is 9.34. The molecule has 2 atom stereocenters. The largest absolute Gasteiger partial charge is 0.312 e. The highest BCUT2D eigenvalue weighted by molar-refractivity contribution is 7.89. The van der Waals surface area contributed by atoms with Crippen LogP contribution in [0.5, 0.6) is 0 Å². The van der Waals surface area contributed by atoms with Gasteiger partial charge in [0.05, 0.1) is 4.90 Å². The topological polar surface area (TPSA) is 59.4 Å². The SMILES string of the molecule is O=c1cccc2n1C[C@H]1C[C@@H]2CN(S(=O)(=O)c2ccc(F)cc2)C1. The molecule has 3 heterocycles. The van der Waals surface area contributed by atoms with E-state index in [4.69, 9.17) is 0 Å². The van der Waals surface area contributed by atoms with E-state index in [-0.39, 0.29) is 22.3 Å². The first-order valence-electron chi connectivity index (χ1n) is 7.90. The number of piperidine rings is 1. The van der Waals surface area contributed by atoms with Crippen LogP contribution < -0.4 is 5.56 Å². The lowest BCUT2D eigenvalue weighted by atomic mass is 9.84. The lowest BCUT2D eigenvalue weighted by Gasteiger charge is -2.42. The fraction of sp³-hybridized carbons (Fsp3) is 0.353. The number of hydrogen-bond donors (Lipinski definition) is 0. The Balaban J connectivity index is 1.69. The summed E-state index contributed by atoms with van der Waals surface area (Å²) < 4.78 is 42.0. The minimum atomic E-state index is -3.65. The zero-order valence-corrected chi connectivity index (χ0v) is 13.7. The van der Waals surface area contributed by atoms with Gasteiger partial charge >= 0.3 is 0 Å². The predicted octanol–water partition coefficient (Wildman–Crippen LogP) is 1.80. The molecule has 1 aromatic heterocycles. The zero-order valence-electron chi connectivity index (χ0n) is 12.9. The third-order valence-electron chi connectivity index (χ3n) is 4.90. The Morgan fingerprint density at radius 3 is 2.50 bits per heavy atom. The summed E-state index contributed by atoms with van der Waals surface area (Å²) >= 11 is 0. The van der Waals surface area contributed by atoms with Crippen molar-refractivity contribution in [3.63, 3.8) is 0 Å². The molecule has 24 heavy (non-hydrogen) atoms. The van der Waals surface area contributed by atoms with E-state index in [0.717, 1.165) is 24.2 Å². The molecule has 1 aromatic carbocycles. The molecular weight excluding hydrogens is 331 g/mol. The van der Waals surface area contributed by atoms with Crippen LogP contribution in [0.25, 0.3) is 0 Å². The maximum absolute atomic E-state index is 13.1. The molecule has 1 saturated heterocycles. The summed E-state index contributed by atoms with van der Waals surface area (Å²) in [5.74, 6) is -0.328. The smallest absolute Gasteiger partial charge is 0.250 e. The lowest BCUT2D eigenvalue weighted by Crippen LogP contribution is -2.48. The second-order valence-electron chi connectivity index (χ2n) is 6.47. The molecule has 2 aliphatic rings. The summed E-state index contributed by atoms with van der Waals surface area (Å²) in [7, 11) is -3.65. The van der Waals surface area contributed by atoms with Gasteiger partial charge in [-0.3, -0.25) is 4.79 Å². The highest BCUT2D eigenvalue weighted by Crippen LogP contribution is 2.37.